The first-order chi connectivity index (χ1) is 15.4. The number of carbonyl (C=O) groups is 3. The summed E-state index contributed by atoms with van der Waals surface area (Å²) in [5.74, 6) is -0.608. The number of hydrogen-bond donors (Lipinski definition) is 3. The quantitative estimate of drug-likeness (QED) is 0.498. The van der Waals surface area contributed by atoms with Crippen LogP contribution in [0.3, 0.4) is 0 Å². The molecule has 3 rings (SSSR count). The van der Waals surface area contributed by atoms with Gasteiger partial charge in [-0.15, -0.1) is 0 Å². The maximum Gasteiger partial charge on any atom is 0.255 e. The lowest BCUT2D eigenvalue weighted by molar-refractivity contribution is -0.117. The minimum absolute atomic E-state index is 0.302. The van der Waals surface area contributed by atoms with E-state index in [2.05, 4.69) is 16.0 Å². The van der Waals surface area contributed by atoms with Crippen LogP contribution in [0.1, 0.15) is 27.6 Å². The van der Waals surface area contributed by atoms with Gasteiger partial charge in [0.2, 0.25) is 5.91 Å². The summed E-state index contributed by atoms with van der Waals surface area (Å²) >= 11 is 0. The normalized spacial score (nSPS) is 11.2. The number of hydrogen-bond acceptors (Lipinski definition) is 6. The molecule has 1 unspecified atom stereocenters. The molecule has 1 heterocycles. The first-order valence-corrected chi connectivity index (χ1v) is 9.69. The lowest BCUT2D eigenvalue weighted by Crippen LogP contribution is -2.41. The molecule has 0 aliphatic heterocycles. The van der Waals surface area contributed by atoms with Crippen molar-refractivity contribution in [2.45, 2.75) is 13.0 Å². The minimum atomic E-state index is -0.842. The molecule has 0 radical (unpaired) electrons. The highest BCUT2D eigenvalue weighted by atomic mass is 16.5. The van der Waals surface area contributed by atoms with Crippen LogP contribution in [0.25, 0.3) is 0 Å². The van der Waals surface area contributed by atoms with E-state index in [0.29, 0.717) is 34.0 Å². The molecule has 3 amide bonds. The largest absolute Gasteiger partial charge is 0.494 e. The highest BCUT2D eigenvalue weighted by Crippen LogP contribution is 2.36. The molecule has 0 aliphatic carbocycles. The average molecular weight is 437 g/mol. The zero-order valence-corrected chi connectivity index (χ0v) is 17.8. The maximum atomic E-state index is 12.6. The molecule has 0 aliphatic rings. The second-order valence-electron chi connectivity index (χ2n) is 6.77. The lowest BCUT2D eigenvalue weighted by atomic mass is 10.2. The summed E-state index contributed by atoms with van der Waals surface area (Å²) in [5, 5.41) is 8.06. The Hall–Kier alpha value is -4.27. The van der Waals surface area contributed by atoms with Crippen molar-refractivity contribution in [1.82, 2.24) is 5.32 Å². The van der Waals surface area contributed by atoms with Gasteiger partial charge in [-0.05, 0) is 25.1 Å². The van der Waals surface area contributed by atoms with Crippen molar-refractivity contribution in [3.63, 3.8) is 0 Å². The Kier molecular flexibility index (Phi) is 7.12. The molecule has 0 spiro atoms. The van der Waals surface area contributed by atoms with Crippen LogP contribution in [-0.4, -0.2) is 38.0 Å². The molecule has 3 N–H and O–H groups in total. The zero-order valence-electron chi connectivity index (χ0n) is 17.8. The second-order valence-corrected chi connectivity index (χ2v) is 6.77. The van der Waals surface area contributed by atoms with Gasteiger partial charge in [0.1, 0.15) is 23.8 Å². The molecular weight excluding hydrogens is 414 g/mol. The topological polar surface area (TPSA) is 119 Å². The summed E-state index contributed by atoms with van der Waals surface area (Å²) in [6.07, 6.45) is 2.66. The molecule has 9 nitrogen and oxygen atoms in total. The van der Waals surface area contributed by atoms with Crippen molar-refractivity contribution in [3.05, 3.63) is 72.2 Å². The second kappa shape index (κ2) is 10.2. The van der Waals surface area contributed by atoms with Gasteiger partial charge in [0.05, 0.1) is 37.4 Å². The van der Waals surface area contributed by atoms with Gasteiger partial charge in [-0.1, -0.05) is 18.2 Å². The zero-order chi connectivity index (χ0) is 23.1. The minimum Gasteiger partial charge on any atom is -0.494 e. The third-order valence-corrected chi connectivity index (χ3v) is 4.59. The Bertz CT molecular complexity index is 1100. The van der Waals surface area contributed by atoms with E-state index in [1.165, 1.54) is 38.9 Å². The van der Waals surface area contributed by atoms with Crippen LogP contribution in [0.2, 0.25) is 0 Å². The van der Waals surface area contributed by atoms with Gasteiger partial charge in [-0.25, -0.2) is 0 Å². The van der Waals surface area contributed by atoms with E-state index in [4.69, 9.17) is 13.9 Å². The number of nitrogens with one attached hydrogen (secondary N) is 3. The van der Waals surface area contributed by atoms with Crippen LogP contribution in [0.5, 0.6) is 11.5 Å². The van der Waals surface area contributed by atoms with Crippen LogP contribution in [-0.2, 0) is 4.79 Å². The first-order valence-electron chi connectivity index (χ1n) is 9.69. The Morgan fingerprint density at radius 1 is 0.844 bits per heavy atom. The van der Waals surface area contributed by atoms with E-state index in [0.717, 1.165) is 0 Å². The van der Waals surface area contributed by atoms with E-state index in [1.54, 1.807) is 37.3 Å². The molecule has 0 fully saturated rings. The molecular formula is C23H23N3O6. The van der Waals surface area contributed by atoms with Crippen molar-refractivity contribution in [1.29, 1.82) is 0 Å². The Morgan fingerprint density at radius 2 is 1.47 bits per heavy atom. The van der Waals surface area contributed by atoms with E-state index < -0.39 is 17.9 Å². The van der Waals surface area contributed by atoms with E-state index >= 15 is 0 Å². The number of rotatable bonds is 8. The number of ether oxygens (including phenoxy) is 2. The molecule has 32 heavy (non-hydrogen) atoms. The van der Waals surface area contributed by atoms with Gasteiger partial charge < -0.3 is 29.8 Å². The molecule has 2 aromatic carbocycles. The van der Waals surface area contributed by atoms with Crippen molar-refractivity contribution < 1.29 is 28.3 Å². The Balaban J connectivity index is 1.75. The van der Waals surface area contributed by atoms with Gasteiger partial charge in [0.15, 0.2) is 0 Å². The van der Waals surface area contributed by atoms with Crippen molar-refractivity contribution in [2.75, 3.05) is 24.9 Å². The molecule has 9 heteroatoms. The molecule has 0 saturated carbocycles. The molecule has 1 atom stereocenters. The van der Waals surface area contributed by atoms with E-state index in [-0.39, 0.29) is 5.91 Å². The summed E-state index contributed by atoms with van der Waals surface area (Å²) in [6.45, 7) is 1.55. The van der Waals surface area contributed by atoms with Crippen molar-refractivity contribution >= 4 is 29.1 Å². The third-order valence-electron chi connectivity index (χ3n) is 4.59. The molecule has 3 aromatic rings. The molecule has 166 valence electrons. The first kappa shape index (κ1) is 22.4. The van der Waals surface area contributed by atoms with Crippen LogP contribution in [0.15, 0.2) is 65.5 Å². The fourth-order valence-corrected chi connectivity index (χ4v) is 2.86. The molecule has 0 bridgehead atoms. The van der Waals surface area contributed by atoms with Gasteiger partial charge in [0.25, 0.3) is 11.8 Å². The maximum absolute atomic E-state index is 12.6. The summed E-state index contributed by atoms with van der Waals surface area (Å²) in [6, 6.07) is 12.4. The molecule has 0 saturated heterocycles. The Labute approximate surface area is 184 Å². The number of amides is 3. The summed E-state index contributed by atoms with van der Waals surface area (Å²) in [5.41, 5.74) is 1.48. The average Bonchev–Trinajstić information content (AvgIpc) is 3.35. The summed E-state index contributed by atoms with van der Waals surface area (Å²) in [4.78, 5) is 37.3. The van der Waals surface area contributed by atoms with Crippen LogP contribution in [0.4, 0.5) is 11.4 Å². The third kappa shape index (κ3) is 5.25. The van der Waals surface area contributed by atoms with Crippen LogP contribution < -0.4 is 25.4 Å². The number of furan rings is 1. The highest BCUT2D eigenvalue weighted by Gasteiger charge is 2.21. The Morgan fingerprint density at radius 3 is 2.03 bits per heavy atom. The summed E-state index contributed by atoms with van der Waals surface area (Å²) in [7, 11) is 2.88. The van der Waals surface area contributed by atoms with Crippen LogP contribution in [0, 0.1) is 0 Å². The SMILES string of the molecule is COc1cc(NC(=O)C(C)NC(=O)c2ccoc2)c(OC)cc1NC(=O)c1ccccc1. The van der Waals surface area contributed by atoms with Crippen molar-refractivity contribution in [3.8, 4) is 11.5 Å². The predicted octanol–water partition coefficient (Wildman–Crippen LogP) is 3.31. The highest BCUT2D eigenvalue weighted by molar-refractivity contribution is 6.06. The van der Waals surface area contributed by atoms with Crippen molar-refractivity contribution in [2.24, 2.45) is 0 Å². The number of anilines is 2. The number of methoxy groups -OCH3 is 2. The van der Waals surface area contributed by atoms with Gasteiger partial charge in [-0.3, -0.25) is 14.4 Å². The fraction of sp³-hybridized carbons (Fsp3) is 0.174. The van der Waals surface area contributed by atoms with Crippen LogP contribution >= 0.6 is 0 Å². The molecule has 1 aromatic heterocycles. The van der Waals surface area contributed by atoms with E-state index in [9.17, 15) is 14.4 Å². The predicted molar refractivity (Wildman–Crippen MR) is 118 cm³/mol. The smallest absolute Gasteiger partial charge is 0.255 e. The van der Waals surface area contributed by atoms with Gasteiger partial charge in [-0.2, -0.15) is 0 Å². The standard InChI is InChI=1S/C23H23N3O6/c1-14(24-23(29)16-9-10-32-13-16)21(27)25-17-11-20(31-3)18(12-19(17)30-2)26-22(28)15-7-5-4-6-8-15/h4-14H,1-3H3,(H,24,29)(H,25,27)(H,26,28). The van der Waals surface area contributed by atoms with E-state index in [1.807, 2.05) is 6.07 Å². The fourth-order valence-electron chi connectivity index (χ4n) is 2.86. The monoisotopic (exact) mass is 437 g/mol. The number of benzene rings is 2. The lowest BCUT2D eigenvalue weighted by Gasteiger charge is -2.18. The number of carbonyl (C=O) groups excluding carboxylic acids is 3. The van der Waals surface area contributed by atoms with Gasteiger partial charge >= 0.3 is 0 Å². The van der Waals surface area contributed by atoms with Gasteiger partial charge in [0, 0.05) is 17.7 Å². The summed E-state index contributed by atoms with van der Waals surface area (Å²) < 4.78 is 15.6.